The van der Waals surface area contributed by atoms with Gasteiger partial charge in [-0.3, -0.25) is 4.79 Å². The lowest BCUT2D eigenvalue weighted by Crippen LogP contribution is -2.46. The summed E-state index contributed by atoms with van der Waals surface area (Å²) in [5, 5.41) is 2.95. The Bertz CT molecular complexity index is 491. The first-order chi connectivity index (χ1) is 10.1. The van der Waals surface area contributed by atoms with Crippen molar-refractivity contribution in [1.82, 2.24) is 9.80 Å². The summed E-state index contributed by atoms with van der Waals surface area (Å²) in [7, 11) is 0. The minimum atomic E-state index is 0. The first kappa shape index (κ1) is 22.0. The number of rotatable bonds is 5. The summed E-state index contributed by atoms with van der Waals surface area (Å²) < 4.78 is 0. The van der Waals surface area contributed by atoms with E-state index in [0.717, 1.165) is 50.5 Å². The highest BCUT2D eigenvalue weighted by Crippen LogP contribution is 2.18. The van der Waals surface area contributed by atoms with Crippen molar-refractivity contribution in [3.63, 3.8) is 0 Å². The standard InChI is InChI=1S/C16H26N4O.2ClH/c1-3-19-8-10-20(11-9-19)7-6-16(21)18-15-12-14(17)5-4-13(15)2;;/h4-5,12H,3,6-11,17H2,1-2H3,(H,18,21);2*1H. The van der Waals surface area contributed by atoms with E-state index in [1.807, 2.05) is 25.1 Å². The number of halogens is 2. The Balaban J connectivity index is 0.00000242. The van der Waals surface area contributed by atoms with Crippen LogP contribution in [-0.4, -0.2) is 55.0 Å². The second-order valence-corrected chi connectivity index (χ2v) is 5.65. The molecule has 0 unspecified atom stereocenters. The molecule has 3 N–H and O–H groups in total. The number of aryl methyl sites for hydroxylation is 1. The van der Waals surface area contributed by atoms with Gasteiger partial charge in [0.25, 0.3) is 0 Å². The molecule has 5 nitrogen and oxygen atoms in total. The molecule has 1 aromatic rings. The van der Waals surface area contributed by atoms with Crippen LogP contribution in [0.3, 0.4) is 0 Å². The van der Waals surface area contributed by atoms with E-state index in [-0.39, 0.29) is 30.7 Å². The van der Waals surface area contributed by atoms with Crippen molar-refractivity contribution in [2.45, 2.75) is 20.3 Å². The van der Waals surface area contributed by atoms with Crippen LogP contribution in [0.2, 0.25) is 0 Å². The Morgan fingerprint density at radius 1 is 1.17 bits per heavy atom. The van der Waals surface area contributed by atoms with Crippen LogP contribution in [-0.2, 0) is 4.79 Å². The Labute approximate surface area is 151 Å². The third kappa shape index (κ3) is 6.96. The van der Waals surface area contributed by atoms with Crippen molar-refractivity contribution in [3.8, 4) is 0 Å². The zero-order chi connectivity index (χ0) is 15.2. The third-order valence-corrected chi connectivity index (χ3v) is 4.10. The number of likely N-dealkylation sites (N-methyl/N-ethyl adjacent to an activating group) is 1. The summed E-state index contributed by atoms with van der Waals surface area (Å²) in [5.74, 6) is 0.0571. The van der Waals surface area contributed by atoms with Crippen molar-refractivity contribution in [2.24, 2.45) is 0 Å². The maximum Gasteiger partial charge on any atom is 0.225 e. The summed E-state index contributed by atoms with van der Waals surface area (Å²) in [6.45, 7) is 10.4. The van der Waals surface area contributed by atoms with Gasteiger partial charge < -0.3 is 20.9 Å². The number of nitrogen functional groups attached to an aromatic ring is 1. The molecule has 2 rings (SSSR count). The van der Waals surface area contributed by atoms with Crippen LogP contribution in [0.25, 0.3) is 0 Å². The highest BCUT2D eigenvalue weighted by molar-refractivity contribution is 5.92. The van der Waals surface area contributed by atoms with E-state index in [9.17, 15) is 4.79 Å². The highest BCUT2D eigenvalue weighted by Gasteiger charge is 2.16. The van der Waals surface area contributed by atoms with Crippen LogP contribution in [0.4, 0.5) is 11.4 Å². The fourth-order valence-corrected chi connectivity index (χ4v) is 2.58. The molecule has 0 aliphatic carbocycles. The molecule has 1 amide bonds. The number of piperazine rings is 1. The molecule has 1 heterocycles. The SMILES string of the molecule is CCN1CCN(CCC(=O)Nc2cc(N)ccc2C)CC1.Cl.Cl. The molecular weight excluding hydrogens is 335 g/mol. The number of amides is 1. The summed E-state index contributed by atoms with van der Waals surface area (Å²) in [4.78, 5) is 16.8. The predicted molar refractivity (Wildman–Crippen MR) is 102 cm³/mol. The van der Waals surface area contributed by atoms with Crippen molar-refractivity contribution < 1.29 is 4.79 Å². The van der Waals surface area contributed by atoms with Gasteiger partial charge in [-0.05, 0) is 31.2 Å². The van der Waals surface area contributed by atoms with Gasteiger partial charge in [0.15, 0.2) is 0 Å². The Hall–Kier alpha value is -1.01. The minimum absolute atomic E-state index is 0. The highest BCUT2D eigenvalue weighted by atomic mass is 35.5. The van der Waals surface area contributed by atoms with Gasteiger partial charge >= 0.3 is 0 Å². The molecular formula is C16H28Cl2N4O. The van der Waals surface area contributed by atoms with Crippen molar-refractivity contribution in [1.29, 1.82) is 0 Å². The molecule has 0 radical (unpaired) electrons. The van der Waals surface area contributed by atoms with E-state index in [1.165, 1.54) is 0 Å². The van der Waals surface area contributed by atoms with Crippen molar-refractivity contribution in [3.05, 3.63) is 23.8 Å². The van der Waals surface area contributed by atoms with Crippen molar-refractivity contribution in [2.75, 3.05) is 50.3 Å². The molecule has 23 heavy (non-hydrogen) atoms. The number of nitrogens with two attached hydrogens (primary N) is 1. The average molecular weight is 363 g/mol. The van der Waals surface area contributed by atoms with Gasteiger partial charge in [0, 0.05) is 50.5 Å². The first-order valence-electron chi connectivity index (χ1n) is 7.69. The first-order valence-corrected chi connectivity index (χ1v) is 7.69. The average Bonchev–Trinajstić information content (AvgIpc) is 2.49. The zero-order valence-corrected chi connectivity index (χ0v) is 15.5. The number of hydrogen-bond acceptors (Lipinski definition) is 4. The van der Waals surface area contributed by atoms with Gasteiger partial charge in [0.2, 0.25) is 5.91 Å². The molecule has 1 fully saturated rings. The number of nitrogens with zero attached hydrogens (tertiary/aromatic N) is 2. The lowest BCUT2D eigenvalue weighted by atomic mass is 10.2. The van der Waals surface area contributed by atoms with E-state index in [0.29, 0.717) is 12.1 Å². The lowest BCUT2D eigenvalue weighted by molar-refractivity contribution is -0.116. The normalized spacial score (nSPS) is 15.4. The van der Waals surface area contributed by atoms with E-state index >= 15 is 0 Å². The molecule has 1 aliphatic heterocycles. The molecule has 0 spiro atoms. The number of hydrogen-bond donors (Lipinski definition) is 2. The summed E-state index contributed by atoms with van der Waals surface area (Å²) in [6, 6.07) is 5.58. The van der Waals surface area contributed by atoms with Gasteiger partial charge in [0.05, 0.1) is 0 Å². The van der Waals surface area contributed by atoms with Crippen LogP contribution in [0, 0.1) is 6.92 Å². The maximum atomic E-state index is 12.1. The summed E-state index contributed by atoms with van der Waals surface area (Å²) in [6.07, 6.45) is 0.528. The summed E-state index contributed by atoms with van der Waals surface area (Å²) in [5.41, 5.74) is 8.28. The van der Waals surface area contributed by atoms with E-state index in [1.54, 1.807) is 0 Å². The number of anilines is 2. The second-order valence-electron chi connectivity index (χ2n) is 5.65. The molecule has 0 aromatic heterocycles. The van der Waals surface area contributed by atoms with Crippen LogP contribution in [0.1, 0.15) is 18.9 Å². The molecule has 7 heteroatoms. The van der Waals surface area contributed by atoms with Gasteiger partial charge in [-0.2, -0.15) is 0 Å². The second kappa shape index (κ2) is 10.7. The Morgan fingerprint density at radius 3 is 2.39 bits per heavy atom. The Kier molecular flexibility index (Phi) is 10.2. The number of benzene rings is 1. The van der Waals surface area contributed by atoms with Crippen LogP contribution in [0.5, 0.6) is 0 Å². The zero-order valence-electron chi connectivity index (χ0n) is 13.9. The topological polar surface area (TPSA) is 61.6 Å². The minimum Gasteiger partial charge on any atom is -0.399 e. The van der Waals surface area contributed by atoms with Crippen molar-refractivity contribution >= 4 is 42.1 Å². The van der Waals surface area contributed by atoms with Gasteiger partial charge in [-0.25, -0.2) is 0 Å². The molecule has 0 bridgehead atoms. The van der Waals surface area contributed by atoms with Crippen LogP contribution < -0.4 is 11.1 Å². The number of nitrogens with one attached hydrogen (secondary N) is 1. The predicted octanol–water partition coefficient (Wildman–Crippen LogP) is 2.39. The molecule has 1 aromatic carbocycles. The quantitative estimate of drug-likeness (QED) is 0.789. The lowest BCUT2D eigenvalue weighted by Gasteiger charge is -2.33. The maximum absolute atomic E-state index is 12.1. The summed E-state index contributed by atoms with van der Waals surface area (Å²) >= 11 is 0. The largest absolute Gasteiger partial charge is 0.399 e. The molecule has 0 atom stereocenters. The fraction of sp³-hybridized carbons (Fsp3) is 0.562. The van der Waals surface area contributed by atoms with Gasteiger partial charge in [-0.1, -0.05) is 13.0 Å². The monoisotopic (exact) mass is 362 g/mol. The van der Waals surface area contributed by atoms with E-state index < -0.39 is 0 Å². The van der Waals surface area contributed by atoms with Gasteiger partial charge in [-0.15, -0.1) is 24.8 Å². The van der Waals surface area contributed by atoms with E-state index in [2.05, 4.69) is 22.0 Å². The van der Waals surface area contributed by atoms with Gasteiger partial charge in [0.1, 0.15) is 0 Å². The third-order valence-electron chi connectivity index (χ3n) is 4.10. The molecule has 132 valence electrons. The molecule has 1 saturated heterocycles. The Morgan fingerprint density at radius 2 is 1.78 bits per heavy atom. The smallest absolute Gasteiger partial charge is 0.225 e. The molecule has 1 aliphatic rings. The van der Waals surface area contributed by atoms with E-state index in [4.69, 9.17) is 5.73 Å². The van der Waals surface area contributed by atoms with Crippen LogP contribution >= 0.6 is 24.8 Å². The molecule has 0 saturated carbocycles. The number of carbonyl (C=O) groups excluding carboxylic acids is 1. The number of carbonyl (C=O) groups is 1. The fourth-order valence-electron chi connectivity index (χ4n) is 2.58. The van der Waals surface area contributed by atoms with Crippen LogP contribution in [0.15, 0.2) is 18.2 Å².